The summed E-state index contributed by atoms with van der Waals surface area (Å²) in [7, 11) is 0. The smallest absolute Gasteiger partial charge is 0.263 e. The van der Waals surface area contributed by atoms with Crippen LogP contribution in [0.3, 0.4) is 0 Å². The molecular formula is C23H19FN2O2S. The third kappa shape index (κ3) is 3.40. The monoisotopic (exact) mass is 406 g/mol. The highest BCUT2D eigenvalue weighted by atomic mass is 32.1. The Bertz CT molecular complexity index is 1310. The lowest BCUT2D eigenvalue weighted by molar-refractivity contribution is 0.0969. The molecule has 2 aromatic heterocycles. The number of hydrogen-bond acceptors (Lipinski definition) is 4. The summed E-state index contributed by atoms with van der Waals surface area (Å²) in [5.74, 6) is -0.137. The number of thiophene rings is 1. The van der Waals surface area contributed by atoms with Crippen LogP contribution in [0.1, 0.15) is 26.6 Å². The first-order chi connectivity index (χ1) is 13.9. The second-order valence-corrected chi connectivity index (χ2v) is 8.22. The molecule has 0 N–H and O–H groups in total. The molecule has 0 radical (unpaired) electrons. The first-order valence-electron chi connectivity index (χ1n) is 9.22. The first-order valence-corrected chi connectivity index (χ1v) is 10.0. The Morgan fingerprint density at radius 1 is 1.10 bits per heavy atom. The van der Waals surface area contributed by atoms with Crippen LogP contribution in [0.2, 0.25) is 0 Å². The quantitative estimate of drug-likeness (QED) is 0.445. The summed E-state index contributed by atoms with van der Waals surface area (Å²) >= 11 is 1.48. The fourth-order valence-electron chi connectivity index (χ4n) is 3.49. The molecule has 2 aromatic carbocycles. The average Bonchev–Trinajstić information content (AvgIpc) is 3.03. The highest BCUT2D eigenvalue weighted by Crippen LogP contribution is 2.35. The van der Waals surface area contributed by atoms with Crippen molar-refractivity contribution in [2.75, 3.05) is 0 Å². The van der Waals surface area contributed by atoms with E-state index in [4.69, 9.17) is 0 Å². The van der Waals surface area contributed by atoms with Crippen LogP contribution in [-0.2, 0) is 6.54 Å². The summed E-state index contributed by atoms with van der Waals surface area (Å²) in [6, 6.07) is 13.9. The number of nitrogens with zero attached hydrogens (tertiary/aromatic N) is 2. The van der Waals surface area contributed by atoms with Gasteiger partial charge in [0.05, 0.1) is 11.9 Å². The second-order valence-electron chi connectivity index (χ2n) is 7.02. The molecule has 0 bridgehead atoms. The van der Waals surface area contributed by atoms with E-state index in [0.717, 1.165) is 16.0 Å². The van der Waals surface area contributed by atoms with Gasteiger partial charge in [-0.1, -0.05) is 30.3 Å². The zero-order chi connectivity index (χ0) is 20.7. The summed E-state index contributed by atoms with van der Waals surface area (Å²) in [6.45, 7) is 5.17. The van der Waals surface area contributed by atoms with Crippen molar-refractivity contribution in [1.29, 1.82) is 0 Å². The molecule has 29 heavy (non-hydrogen) atoms. The summed E-state index contributed by atoms with van der Waals surface area (Å²) in [6.07, 6.45) is 0. The van der Waals surface area contributed by atoms with Gasteiger partial charge in [-0.25, -0.2) is 9.37 Å². The Morgan fingerprint density at radius 3 is 2.52 bits per heavy atom. The van der Waals surface area contributed by atoms with Gasteiger partial charge in [-0.2, -0.15) is 0 Å². The number of rotatable bonds is 4. The summed E-state index contributed by atoms with van der Waals surface area (Å²) in [5, 5.41) is 0.535. The van der Waals surface area contributed by atoms with E-state index in [0.29, 0.717) is 27.2 Å². The Balaban J connectivity index is 1.84. The molecule has 146 valence electrons. The minimum absolute atomic E-state index is 0.137. The Morgan fingerprint density at radius 2 is 1.83 bits per heavy atom. The predicted molar refractivity (Wildman–Crippen MR) is 114 cm³/mol. The molecule has 4 aromatic rings. The molecular weight excluding hydrogens is 387 g/mol. The van der Waals surface area contributed by atoms with Crippen molar-refractivity contribution in [2.24, 2.45) is 0 Å². The number of carbonyl (C=O) groups excluding carboxylic acids is 1. The van der Waals surface area contributed by atoms with Crippen LogP contribution in [0, 0.1) is 26.6 Å². The number of halogens is 1. The molecule has 2 heterocycles. The minimum atomic E-state index is -0.362. The van der Waals surface area contributed by atoms with Gasteiger partial charge in [0, 0.05) is 16.0 Å². The van der Waals surface area contributed by atoms with Gasteiger partial charge in [0.15, 0.2) is 5.78 Å². The molecule has 0 atom stereocenters. The van der Waals surface area contributed by atoms with Crippen molar-refractivity contribution in [3.8, 4) is 11.1 Å². The number of hydrogen-bond donors (Lipinski definition) is 0. The molecule has 0 saturated carbocycles. The number of carbonyl (C=O) groups is 1. The number of aryl methyl sites for hydroxylation is 3. The van der Waals surface area contributed by atoms with Gasteiger partial charge in [-0.3, -0.25) is 14.2 Å². The van der Waals surface area contributed by atoms with Crippen molar-refractivity contribution < 1.29 is 9.18 Å². The van der Waals surface area contributed by atoms with E-state index in [-0.39, 0.29) is 23.7 Å². The maximum atomic E-state index is 13.5. The number of ketones is 1. The zero-order valence-corrected chi connectivity index (χ0v) is 17.1. The van der Waals surface area contributed by atoms with Crippen LogP contribution in [-0.4, -0.2) is 15.3 Å². The van der Waals surface area contributed by atoms with Crippen LogP contribution in [0.5, 0.6) is 0 Å². The zero-order valence-electron chi connectivity index (χ0n) is 16.3. The topological polar surface area (TPSA) is 52.0 Å². The average molecular weight is 406 g/mol. The van der Waals surface area contributed by atoms with E-state index in [1.165, 1.54) is 34.1 Å². The number of Topliss-reactive ketones (excluding diaryl/α,β-unsaturated/α-hetero) is 1. The predicted octanol–water partition coefficient (Wildman–Crippen LogP) is 5.07. The van der Waals surface area contributed by atoms with E-state index in [1.54, 1.807) is 13.8 Å². The Labute approximate surface area is 171 Å². The summed E-state index contributed by atoms with van der Waals surface area (Å²) in [5.41, 5.74) is 2.35. The molecule has 0 fully saturated rings. The van der Waals surface area contributed by atoms with E-state index >= 15 is 0 Å². The van der Waals surface area contributed by atoms with E-state index in [9.17, 15) is 14.0 Å². The molecule has 4 nitrogen and oxygen atoms in total. The number of aromatic nitrogens is 2. The molecule has 0 aliphatic heterocycles. The molecule has 0 saturated heterocycles. The lowest BCUT2D eigenvalue weighted by Crippen LogP contribution is -2.27. The van der Waals surface area contributed by atoms with Gasteiger partial charge < -0.3 is 0 Å². The Hall–Kier alpha value is -3.12. The summed E-state index contributed by atoms with van der Waals surface area (Å²) in [4.78, 5) is 32.4. The van der Waals surface area contributed by atoms with Crippen LogP contribution in [0.25, 0.3) is 21.3 Å². The maximum Gasteiger partial charge on any atom is 0.263 e. The lowest BCUT2D eigenvalue weighted by Gasteiger charge is -2.10. The van der Waals surface area contributed by atoms with E-state index < -0.39 is 0 Å². The molecule has 0 spiro atoms. The summed E-state index contributed by atoms with van der Waals surface area (Å²) < 4.78 is 14.9. The van der Waals surface area contributed by atoms with Crippen LogP contribution >= 0.6 is 11.3 Å². The van der Waals surface area contributed by atoms with Crippen LogP contribution < -0.4 is 5.56 Å². The van der Waals surface area contributed by atoms with Gasteiger partial charge in [0.2, 0.25) is 0 Å². The largest absolute Gasteiger partial charge is 0.292 e. The number of fused-ring (bicyclic) bond motifs is 1. The third-order valence-corrected chi connectivity index (χ3v) is 6.02. The minimum Gasteiger partial charge on any atom is -0.292 e. The van der Waals surface area contributed by atoms with Crippen molar-refractivity contribution in [1.82, 2.24) is 9.55 Å². The third-order valence-electron chi connectivity index (χ3n) is 5.02. The normalized spacial score (nSPS) is 11.2. The van der Waals surface area contributed by atoms with E-state index in [2.05, 4.69) is 4.98 Å². The highest BCUT2D eigenvalue weighted by molar-refractivity contribution is 7.19. The van der Waals surface area contributed by atoms with E-state index in [1.807, 2.05) is 37.3 Å². The van der Waals surface area contributed by atoms with Gasteiger partial charge in [0.1, 0.15) is 16.5 Å². The fraction of sp³-hybridized carbons (Fsp3) is 0.174. The Kier molecular flexibility index (Phi) is 4.88. The SMILES string of the molecule is Cc1cc(C(=O)Cn2c(C)nc3sc(C)c(-c4ccccc4)c3c2=O)ccc1F. The van der Waals surface area contributed by atoms with Crippen molar-refractivity contribution in [3.63, 3.8) is 0 Å². The highest BCUT2D eigenvalue weighted by Gasteiger charge is 2.20. The van der Waals surface area contributed by atoms with Gasteiger partial charge in [-0.05, 0) is 50.1 Å². The maximum absolute atomic E-state index is 13.5. The molecule has 0 aliphatic rings. The molecule has 0 aliphatic carbocycles. The van der Waals surface area contributed by atoms with Gasteiger partial charge >= 0.3 is 0 Å². The molecule has 6 heteroatoms. The van der Waals surface area contributed by atoms with Crippen molar-refractivity contribution in [2.45, 2.75) is 27.3 Å². The van der Waals surface area contributed by atoms with Crippen molar-refractivity contribution in [3.05, 3.63) is 86.5 Å². The van der Waals surface area contributed by atoms with Crippen molar-refractivity contribution >= 4 is 27.3 Å². The fourth-order valence-corrected chi connectivity index (χ4v) is 4.57. The molecule has 0 amide bonds. The first kappa shape index (κ1) is 19.2. The molecule has 4 rings (SSSR count). The van der Waals surface area contributed by atoms with Crippen LogP contribution in [0.4, 0.5) is 4.39 Å². The van der Waals surface area contributed by atoms with Gasteiger partial charge in [-0.15, -0.1) is 11.3 Å². The standard InChI is InChI=1S/C23H19FN2O2S/c1-13-11-17(9-10-18(13)24)19(27)12-26-15(3)25-22-21(23(26)28)20(14(2)29-22)16-7-5-4-6-8-16/h4-11H,12H2,1-3H3. The lowest BCUT2D eigenvalue weighted by atomic mass is 10.0. The molecule has 0 unspecified atom stereocenters. The number of benzene rings is 2. The van der Waals surface area contributed by atoms with Crippen LogP contribution in [0.15, 0.2) is 53.3 Å². The van der Waals surface area contributed by atoms with Gasteiger partial charge in [0.25, 0.3) is 5.56 Å². The second kappa shape index (κ2) is 7.37.